The zero-order valence-electron chi connectivity index (χ0n) is 15.1. The Labute approximate surface area is 158 Å². The molecule has 0 bridgehead atoms. The lowest BCUT2D eigenvalue weighted by Crippen LogP contribution is -2.39. The van der Waals surface area contributed by atoms with E-state index in [1.807, 2.05) is 36.4 Å². The van der Waals surface area contributed by atoms with Crippen LogP contribution in [0.1, 0.15) is 12.2 Å². The van der Waals surface area contributed by atoms with Crippen molar-refractivity contribution in [2.45, 2.75) is 18.9 Å². The second-order valence-corrected chi connectivity index (χ2v) is 6.56. The average molecular weight is 365 g/mol. The van der Waals surface area contributed by atoms with E-state index in [9.17, 15) is 4.79 Å². The molecule has 0 radical (unpaired) electrons. The van der Waals surface area contributed by atoms with Crippen molar-refractivity contribution in [1.29, 1.82) is 0 Å². The number of ether oxygens (including phenoxy) is 2. The SMILES string of the molecule is O=C(CCc1nc2ccccc2n1-c1ccccc1)NCC1COCCO1. The third-order valence-corrected chi connectivity index (χ3v) is 4.63. The molecule has 1 aromatic heterocycles. The normalized spacial score (nSPS) is 17.1. The highest BCUT2D eigenvalue weighted by atomic mass is 16.6. The van der Waals surface area contributed by atoms with Crippen LogP contribution in [0.15, 0.2) is 54.6 Å². The van der Waals surface area contributed by atoms with Gasteiger partial charge in [0.05, 0.1) is 37.0 Å². The highest BCUT2D eigenvalue weighted by molar-refractivity contribution is 5.79. The second-order valence-electron chi connectivity index (χ2n) is 6.56. The van der Waals surface area contributed by atoms with Gasteiger partial charge in [-0.1, -0.05) is 30.3 Å². The number of carbonyl (C=O) groups excluding carboxylic acids is 1. The molecule has 27 heavy (non-hydrogen) atoms. The van der Waals surface area contributed by atoms with Gasteiger partial charge >= 0.3 is 0 Å². The number of amides is 1. The monoisotopic (exact) mass is 365 g/mol. The lowest BCUT2D eigenvalue weighted by atomic mass is 10.2. The Hall–Kier alpha value is -2.70. The molecule has 140 valence electrons. The average Bonchev–Trinajstić information content (AvgIpc) is 3.10. The van der Waals surface area contributed by atoms with Crippen molar-refractivity contribution in [1.82, 2.24) is 14.9 Å². The summed E-state index contributed by atoms with van der Waals surface area (Å²) in [4.78, 5) is 17.0. The van der Waals surface area contributed by atoms with Gasteiger partial charge in [0.1, 0.15) is 5.82 Å². The van der Waals surface area contributed by atoms with E-state index in [1.54, 1.807) is 0 Å². The van der Waals surface area contributed by atoms with Gasteiger partial charge in [0.15, 0.2) is 0 Å². The standard InChI is InChI=1S/C21H23N3O3/c25-21(22-14-17-15-26-12-13-27-17)11-10-20-23-18-8-4-5-9-19(18)24(20)16-6-2-1-3-7-16/h1-9,17H,10-15H2,(H,22,25). The fraction of sp³-hybridized carbons (Fsp3) is 0.333. The molecule has 1 N–H and O–H groups in total. The van der Waals surface area contributed by atoms with Crippen LogP contribution in [0, 0.1) is 0 Å². The van der Waals surface area contributed by atoms with Crippen molar-refractivity contribution in [3.63, 3.8) is 0 Å². The summed E-state index contributed by atoms with van der Waals surface area (Å²) < 4.78 is 13.0. The van der Waals surface area contributed by atoms with Crippen LogP contribution < -0.4 is 5.32 Å². The van der Waals surface area contributed by atoms with Gasteiger partial charge in [0, 0.05) is 25.1 Å². The molecule has 1 atom stereocenters. The maximum absolute atomic E-state index is 12.3. The number of para-hydroxylation sites is 3. The van der Waals surface area contributed by atoms with Crippen molar-refractivity contribution in [3.8, 4) is 5.69 Å². The van der Waals surface area contributed by atoms with Crippen LogP contribution in [0.2, 0.25) is 0 Å². The van der Waals surface area contributed by atoms with E-state index >= 15 is 0 Å². The van der Waals surface area contributed by atoms with Crippen molar-refractivity contribution < 1.29 is 14.3 Å². The fourth-order valence-corrected chi connectivity index (χ4v) is 3.30. The van der Waals surface area contributed by atoms with Gasteiger partial charge in [-0.05, 0) is 24.3 Å². The summed E-state index contributed by atoms with van der Waals surface area (Å²) >= 11 is 0. The molecule has 3 aromatic rings. The maximum atomic E-state index is 12.3. The van der Waals surface area contributed by atoms with Crippen molar-refractivity contribution in [3.05, 3.63) is 60.4 Å². The number of aryl methyl sites for hydroxylation is 1. The molecule has 6 heteroatoms. The van der Waals surface area contributed by atoms with Crippen molar-refractivity contribution in [2.75, 3.05) is 26.4 Å². The predicted octanol–water partition coefficient (Wildman–Crippen LogP) is 2.49. The molecule has 1 amide bonds. The van der Waals surface area contributed by atoms with Gasteiger partial charge in [-0.25, -0.2) is 4.98 Å². The van der Waals surface area contributed by atoms with Gasteiger partial charge in [0.2, 0.25) is 5.91 Å². The molecule has 2 aromatic carbocycles. The molecular formula is C21H23N3O3. The quantitative estimate of drug-likeness (QED) is 0.729. The van der Waals surface area contributed by atoms with Crippen molar-refractivity contribution >= 4 is 16.9 Å². The third-order valence-electron chi connectivity index (χ3n) is 4.63. The number of nitrogens with zero attached hydrogens (tertiary/aromatic N) is 2. The zero-order chi connectivity index (χ0) is 18.5. The number of fused-ring (bicyclic) bond motifs is 1. The maximum Gasteiger partial charge on any atom is 0.220 e. The molecule has 1 unspecified atom stereocenters. The Kier molecular flexibility index (Phi) is 5.46. The van der Waals surface area contributed by atoms with Gasteiger partial charge in [-0.15, -0.1) is 0 Å². The molecule has 1 aliphatic rings. The molecule has 2 heterocycles. The van der Waals surface area contributed by atoms with Gasteiger partial charge in [0.25, 0.3) is 0 Å². The van der Waals surface area contributed by atoms with E-state index in [2.05, 4.69) is 28.1 Å². The Bertz CT molecular complexity index is 901. The molecule has 1 saturated heterocycles. The number of hydrogen-bond donors (Lipinski definition) is 1. The van der Waals surface area contributed by atoms with Crippen LogP contribution in [0.25, 0.3) is 16.7 Å². The Morgan fingerprint density at radius 1 is 1.11 bits per heavy atom. The van der Waals surface area contributed by atoms with Gasteiger partial charge < -0.3 is 14.8 Å². The van der Waals surface area contributed by atoms with Crippen LogP contribution in [-0.4, -0.2) is 47.9 Å². The minimum atomic E-state index is -0.0587. The van der Waals surface area contributed by atoms with Crippen LogP contribution in [0.3, 0.4) is 0 Å². The third kappa shape index (κ3) is 4.18. The zero-order valence-corrected chi connectivity index (χ0v) is 15.1. The lowest BCUT2D eigenvalue weighted by Gasteiger charge is -2.23. The second kappa shape index (κ2) is 8.33. The molecule has 6 nitrogen and oxygen atoms in total. The van der Waals surface area contributed by atoms with E-state index in [0.717, 1.165) is 22.5 Å². The molecule has 4 rings (SSSR count). The Morgan fingerprint density at radius 3 is 2.74 bits per heavy atom. The molecule has 0 aliphatic carbocycles. The lowest BCUT2D eigenvalue weighted by molar-refractivity contribution is -0.123. The summed E-state index contributed by atoms with van der Waals surface area (Å²) in [6.07, 6.45) is 0.887. The minimum Gasteiger partial charge on any atom is -0.376 e. The first-order valence-corrected chi connectivity index (χ1v) is 9.29. The van der Waals surface area contributed by atoms with E-state index < -0.39 is 0 Å². The topological polar surface area (TPSA) is 65.4 Å². The van der Waals surface area contributed by atoms with E-state index in [-0.39, 0.29) is 12.0 Å². The highest BCUT2D eigenvalue weighted by Gasteiger charge is 2.16. The fourth-order valence-electron chi connectivity index (χ4n) is 3.30. The number of rotatable bonds is 6. The summed E-state index contributed by atoms with van der Waals surface area (Å²) in [6.45, 7) is 2.22. The predicted molar refractivity (Wildman–Crippen MR) is 103 cm³/mol. The molecular weight excluding hydrogens is 342 g/mol. The molecule has 1 fully saturated rings. The summed E-state index contributed by atoms with van der Waals surface area (Å²) in [5.74, 6) is 0.880. The van der Waals surface area contributed by atoms with Gasteiger partial charge in [-0.3, -0.25) is 9.36 Å². The number of benzene rings is 2. The van der Waals surface area contributed by atoms with E-state index in [1.165, 1.54) is 0 Å². The van der Waals surface area contributed by atoms with Crippen LogP contribution in [0.4, 0.5) is 0 Å². The largest absolute Gasteiger partial charge is 0.376 e. The smallest absolute Gasteiger partial charge is 0.220 e. The number of aromatic nitrogens is 2. The van der Waals surface area contributed by atoms with E-state index in [4.69, 9.17) is 14.5 Å². The van der Waals surface area contributed by atoms with Crippen molar-refractivity contribution in [2.24, 2.45) is 0 Å². The summed E-state index contributed by atoms with van der Waals surface area (Å²) in [5.41, 5.74) is 3.03. The van der Waals surface area contributed by atoms with Crippen LogP contribution in [0.5, 0.6) is 0 Å². The van der Waals surface area contributed by atoms with Crippen LogP contribution in [-0.2, 0) is 20.7 Å². The number of carbonyl (C=O) groups is 1. The number of imidazole rings is 1. The number of hydrogen-bond acceptors (Lipinski definition) is 4. The molecule has 1 aliphatic heterocycles. The first-order chi connectivity index (χ1) is 13.3. The Morgan fingerprint density at radius 2 is 1.93 bits per heavy atom. The first kappa shape index (κ1) is 17.7. The molecule has 0 spiro atoms. The minimum absolute atomic E-state index is 0.00385. The van der Waals surface area contributed by atoms with Crippen LogP contribution >= 0.6 is 0 Å². The summed E-state index contributed by atoms with van der Waals surface area (Å²) in [5, 5.41) is 2.93. The van der Waals surface area contributed by atoms with Gasteiger partial charge in [-0.2, -0.15) is 0 Å². The first-order valence-electron chi connectivity index (χ1n) is 9.29. The Balaban J connectivity index is 1.46. The highest BCUT2D eigenvalue weighted by Crippen LogP contribution is 2.22. The van der Waals surface area contributed by atoms with E-state index in [0.29, 0.717) is 39.2 Å². The molecule has 0 saturated carbocycles. The number of nitrogens with one attached hydrogen (secondary N) is 1. The summed E-state index contributed by atoms with van der Waals surface area (Å²) in [7, 11) is 0. The summed E-state index contributed by atoms with van der Waals surface area (Å²) in [6, 6.07) is 18.2.